The van der Waals surface area contributed by atoms with Crippen molar-refractivity contribution in [3.8, 4) is 5.88 Å². The molecule has 2 rings (SSSR count). The number of nitrogens with one attached hydrogen (secondary N) is 1. The van der Waals surface area contributed by atoms with Crippen LogP contribution in [0.15, 0.2) is 10.9 Å². The fraction of sp³-hybridized carbons (Fsp3) is 0.500. The van der Waals surface area contributed by atoms with E-state index in [1.165, 1.54) is 16.2 Å². The summed E-state index contributed by atoms with van der Waals surface area (Å²) in [6.45, 7) is 8.60. The highest BCUT2D eigenvalue weighted by Crippen LogP contribution is 2.22. The van der Waals surface area contributed by atoms with Crippen molar-refractivity contribution in [2.24, 2.45) is 0 Å². The van der Waals surface area contributed by atoms with Gasteiger partial charge < -0.3 is 21.9 Å². The van der Waals surface area contributed by atoms with Crippen molar-refractivity contribution in [1.82, 2.24) is 4.98 Å². The van der Waals surface area contributed by atoms with Gasteiger partial charge in [-0.2, -0.15) is 9.55 Å². The van der Waals surface area contributed by atoms with E-state index in [9.17, 15) is 4.79 Å². The first-order valence-electron chi connectivity index (χ1n) is 6.97. The molecule has 23 heavy (non-hydrogen) atoms. The third-order valence-electron chi connectivity index (χ3n) is 3.03. The Morgan fingerprint density at radius 2 is 2.17 bits per heavy atom. The quantitative estimate of drug-likeness (QED) is 0.522. The van der Waals surface area contributed by atoms with E-state index in [1.807, 2.05) is 30.8 Å². The first-order chi connectivity index (χ1) is 10.5. The molecule has 6 nitrogen and oxygen atoms in total. The van der Waals surface area contributed by atoms with Crippen LogP contribution in [-0.2, 0) is 16.1 Å². The summed E-state index contributed by atoms with van der Waals surface area (Å²) in [5, 5.41) is 5.05. The van der Waals surface area contributed by atoms with E-state index >= 15 is 0 Å². The van der Waals surface area contributed by atoms with E-state index in [1.54, 1.807) is 23.6 Å². The van der Waals surface area contributed by atoms with Crippen LogP contribution in [0.1, 0.15) is 24.4 Å². The molecule has 2 aromatic heterocycles. The Bertz CT molecular complexity index is 645. The zero-order chi connectivity index (χ0) is 16.1. The summed E-state index contributed by atoms with van der Waals surface area (Å²) in [6.07, 6.45) is -0.359. The van der Waals surface area contributed by atoms with Crippen LogP contribution >= 0.6 is 22.7 Å². The van der Waals surface area contributed by atoms with Gasteiger partial charge in [0.15, 0.2) is 17.1 Å². The van der Waals surface area contributed by atoms with Crippen molar-refractivity contribution in [2.75, 3.05) is 11.9 Å². The van der Waals surface area contributed by atoms with E-state index < -0.39 is 0 Å². The normalized spacial score (nSPS) is 11.7. The van der Waals surface area contributed by atoms with Crippen LogP contribution in [-0.4, -0.2) is 23.8 Å². The minimum atomic E-state index is -0.359. The summed E-state index contributed by atoms with van der Waals surface area (Å²) >= 11 is 2.96. The lowest BCUT2D eigenvalue weighted by molar-refractivity contribution is -0.685. The summed E-state index contributed by atoms with van der Waals surface area (Å²) < 4.78 is 12.7. The van der Waals surface area contributed by atoms with Gasteiger partial charge in [0.25, 0.3) is 5.91 Å². The third-order valence-corrected chi connectivity index (χ3v) is 4.77. The van der Waals surface area contributed by atoms with Crippen molar-refractivity contribution in [3.05, 3.63) is 21.5 Å². The molecule has 1 N–H and O–H groups in total. The average Bonchev–Trinajstić information content (AvgIpc) is 3.00. The average molecular weight is 378 g/mol. The SMILES string of the molecule is CCOC(C)Oc1csc(NC(=O)C[n+]2csc(C)c2C)n1.[Cl-]. The Hall–Kier alpha value is -1.22. The van der Waals surface area contributed by atoms with Crippen LogP contribution in [0, 0.1) is 13.8 Å². The fourth-order valence-corrected chi connectivity index (χ4v) is 3.23. The minimum Gasteiger partial charge on any atom is -1.00 e. The summed E-state index contributed by atoms with van der Waals surface area (Å²) in [4.78, 5) is 17.5. The van der Waals surface area contributed by atoms with E-state index in [2.05, 4.69) is 10.3 Å². The third kappa shape index (κ3) is 5.72. The second kappa shape index (κ2) is 9.17. The van der Waals surface area contributed by atoms with Gasteiger partial charge in [0.05, 0.1) is 10.3 Å². The fourth-order valence-electron chi connectivity index (χ4n) is 1.79. The van der Waals surface area contributed by atoms with Gasteiger partial charge in [0, 0.05) is 13.5 Å². The summed E-state index contributed by atoms with van der Waals surface area (Å²) in [5.41, 5.74) is 3.05. The molecule has 9 heteroatoms. The number of halogens is 1. The number of hydrogen-bond donors (Lipinski definition) is 1. The summed E-state index contributed by atoms with van der Waals surface area (Å²) in [6, 6.07) is 0. The number of aryl methyl sites for hydroxylation is 1. The molecule has 1 amide bonds. The zero-order valence-electron chi connectivity index (χ0n) is 13.5. The maximum absolute atomic E-state index is 12.1. The van der Waals surface area contributed by atoms with E-state index in [0.29, 0.717) is 17.6 Å². The number of carbonyl (C=O) groups is 1. The van der Waals surface area contributed by atoms with Gasteiger partial charge in [-0.25, -0.2) is 0 Å². The number of anilines is 1. The lowest BCUT2D eigenvalue weighted by Crippen LogP contribution is -3.00. The van der Waals surface area contributed by atoms with Gasteiger partial charge in [0.2, 0.25) is 17.9 Å². The van der Waals surface area contributed by atoms with Gasteiger partial charge >= 0.3 is 0 Å². The standard InChI is InChI=1S/C14H19N3O3S2.ClH/c1-5-19-11(4)20-13-7-21-14(16-13)15-12(18)6-17-8-22-10(3)9(17)2;/h7-8,11H,5-6H2,1-4H3;1H. The Kier molecular flexibility index (Phi) is 7.90. The van der Waals surface area contributed by atoms with Crippen molar-refractivity contribution < 1.29 is 31.2 Å². The molecule has 0 fully saturated rings. The van der Waals surface area contributed by atoms with Gasteiger partial charge in [-0.3, -0.25) is 10.1 Å². The Morgan fingerprint density at radius 1 is 1.43 bits per heavy atom. The van der Waals surface area contributed by atoms with Crippen LogP contribution < -0.4 is 27.0 Å². The molecule has 0 radical (unpaired) electrons. The molecule has 2 aromatic rings. The van der Waals surface area contributed by atoms with Crippen LogP contribution in [0.5, 0.6) is 5.88 Å². The highest BCUT2D eigenvalue weighted by atomic mass is 35.5. The number of hydrogen-bond acceptors (Lipinski definition) is 6. The van der Waals surface area contributed by atoms with Crippen LogP contribution in [0.4, 0.5) is 5.13 Å². The number of aromatic nitrogens is 2. The van der Waals surface area contributed by atoms with Gasteiger partial charge in [-0.05, 0) is 20.8 Å². The van der Waals surface area contributed by atoms with Crippen LogP contribution in [0.25, 0.3) is 0 Å². The zero-order valence-corrected chi connectivity index (χ0v) is 15.8. The number of rotatable bonds is 7. The van der Waals surface area contributed by atoms with Crippen LogP contribution in [0.2, 0.25) is 0 Å². The molecule has 0 aliphatic carbocycles. The number of ether oxygens (including phenoxy) is 2. The predicted molar refractivity (Wildman–Crippen MR) is 86.4 cm³/mol. The Labute approximate surface area is 149 Å². The minimum absolute atomic E-state index is 0. The molecule has 0 saturated carbocycles. The molecule has 0 bridgehead atoms. The first kappa shape index (κ1) is 19.8. The smallest absolute Gasteiger partial charge is 0.292 e. The largest absolute Gasteiger partial charge is 1.00 e. The van der Waals surface area contributed by atoms with Crippen molar-refractivity contribution in [1.29, 1.82) is 0 Å². The Morgan fingerprint density at radius 3 is 2.78 bits per heavy atom. The molecule has 0 aliphatic heterocycles. The van der Waals surface area contributed by atoms with Gasteiger partial charge in [-0.15, -0.1) is 11.3 Å². The topological polar surface area (TPSA) is 64.3 Å². The molecule has 0 saturated heterocycles. The van der Waals surface area contributed by atoms with E-state index in [4.69, 9.17) is 9.47 Å². The van der Waals surface area contributed by atoms with Crippen LogP contribution in [0.3, 0.4) is 0 Å². The number of carbonyl (C=O) groups excluding carboxylic acids is 1. The van der Waals surface area contributed by atoms with E-state index in [-0.39, 0.29) is 31.1 Å². The second-order valence-corrected chi connectivity index (χ2v) is 6.59. The number of thiazole rings is 2. The molecule has 0 aromatic carbocycles. The molecular weight excluding hydrogens is 358 g/mol. The summed E-state index contributed by atoms with van der Waals surface area (Å²) in [5.74, 6) is 0.348. The van der Waals surface area contributed by atoms with E-state index in [0.717, 1.165) is 5.69 Å². The van der Waals surface area contributed by atoms with Gasteiger partial charge in [-0.1, -0.05) is 11.3 Å². The molecule has 128 valence electrons. The highest BCUT2D eigenvalue weighted by Gasteiger charge is 2.17. The van der Waals surface area contributed by atoms with Crippen molar-refractivity contribution in [2.45, 2.75) is 40.5 Å². The maximum atomic E-state index is 12.1. The Balaban J connectivity index is 0.00000264. The molecule has 2 heterocycles. The van der Waals surface area contributed by atoms with Crippen molar-refractivity contribution >= 4 is 33.7 Å². The second-order valence-electron chi connectivity index (χ2n) is 4.67. The van der Waals surface area contributed by atoms with Gasteiger partial charge in [0.1, 0.15) is 0 Å². The first-order valence-corrected chi connectivity index (χ1v) is 8.73. The predicted octanol–water partition coefficient (Wildman–Crippen LogP) is -0.487. The highest BCUT2D eigenvalue weighted by molar-refractivity contribution is 7.14. The van der Waals surface area contributed by atoms with Crippen molar-refractivity contribution in [3.63, 3.8) is 0 Å². The molecular formula is C14H20ClN3O3S2. The monoisotopic (exact) mass is 377 g/mol. The maximum Gasteiger partial charge on any atom is 0.292 e. The molecule has 0 aliphatic rings. The number of amides is 1. The molecule has 1 atom stereocenters. The lowest BCUT2D eigenvalue weighted by atomic mass is 10.4. The molecule has 0 spiro atoms. The summed E-state index contributed by atoms with van der Waals surface area (Å²) in [7, 11) is 0. The lowest BCUT2D eigenvalue weighted by Gasteiger charge is -2.11. The molecule has 1 unspecified atom stereocenters. The number of nitrogens with zero attached hydrogens (tertiary/aromatic N) is 2.